The maximum atomic E-state index is 14.9. The fraction of sp³-hybridized carbons (Fsp3) is 0.241. The maximum absolute atomic E-state index is 14.9. The van der Waals surface area contributed by atoms with Crippen LogP contribution in [-0.2, 0) is 6.54 Å². The number of carbonyl (C=O) groups is 1. The summed E-state index contributed by atoms with van der Waals surface area (Å²) in [6.45, 7) is 8.17. The smallest absolute Gasteiger partial charge is 0.273 e. The van der Waals surface area contributed by atoms with E-state index in [1.165, 1.54) is 6.07 Å². The van der Waals surface area contributed by atoms with Crippen LogP contribution >= 0.6 is 0 Å². The normalized spacial score (nSPS) is 17.0. The molecular weight excluding hydrogens is 481 g/mol. The van der Waals surface area contributed by atoms with Gasteiger partial charge in [-0.1, -0.05) is 12.2 Å². The van der Waals surface area contributed by atoms with E-state index >= 15 is 0 Å². The molecule has 0 aliphatic carbocycles. The lowest BCUT2D eigenvalue weighted by molar-refractivity contribution is 0.101. The molecule has 2 aromatic heterocycles. The third kappa shape index (κ3) is 5.13. The minimum absolute atomic E-state index is 0.251. The Labute approximate surface area is 220 Å². The van der Waals surface area contributed by atoms with Gasteiger partial charge in [-0.05, 0) is 88.2 Å². The Balaban J connectivity index is 1.36. The molecule has 1 unspecified atom stereocenters. The van der Waals surface area contributed by atoms with Crippen molar-refractivity contribution in [1.29, 1.82) is 0 Å². The zero-order valence-electron chi connectivity index (χ0n) is 21.8. The van der Waals surface area contributed by atoms with E-state index in [0.29, 0.717) is 29.2 Å². The van der Waals surface area contributed by atoms with E-state index < -0.39 is 5.82 Å². The van der Waals surface area contributed by atoms with Crippen LogP contribution in [0.15, 0.2) is 59.6 Å². The van der Waals surface area contributed by atoms with Crippen LogP contribution in [0.3, 0.4) is 0 Å². The van der Waals surface area contributed by atoms with E-state index in [4.69, 9.17) is 0 Å². The number of amides is 1. The number of benzene rings is 2. The molecule has 0 bridgehead atoms. The van der Waals surface area contributed by atoms with Gasteiger partial charge in [0.05, 0.1) is 28.1 Å². The molecule has 1 aliphatic rings. The number of anilines is 3. The van der Waals surface area contributed by atoms with E-state index in [-0.39, 0.29) is 17.1 Å². The summed E-state index contributed by atoms with van der Waals surface area (Å²) < 4.78 is 16.5. The van der Waals surface area contributed by atoms with Crippen LogP contribution in [0.25, 0.3) is 17.0 Å². The van der Waals surface area contributed by atoms with Crippen molar-refractivity contribution in [2.75, 3.05) is 10.6 Å². The highest BCUT2D eigenvalue weighted by atomic mass is 19.1. The van der Waals surface area contributed by atoms with Crippen LogP contribution in [0.2, 0.25) is 0 Å². The first-order valence-electron chi connectivity index (χ1n) is 12.6. The predicted octanol–water partition coefficient (Wildman–Crippen LogP) is 6.33. The molecule has 0 saturated heterocycles. The Morgan fingerprint density at radius 1 is 1.21 bits per heavy atom. The van der Waals surface area contributed by atoms with Gasteiger partial charge >= 0.3 is 0 Å². The standard InChI is InChI=1S/C29H30FN7O/c1-5-37-27(15-19(3)36-37)28(38)33-24-17-26(22(30)14-18(24)2)32-20-8-9-21-23(34-35-25(21)16-20)10-12-29(4)11-6-7-13-31-29/h6-10,12-17,32H,5,11H2,1-4H3,(H,33,38)(H,34,35)/b12-10+. The second-order valence-corrected chi connectivity index (χ2v) is 9.68. The number of aryl methyl sites for hydroxylation is 3. The Morgan fingerprint density at radius 3 is 2.82 bits per heavy atom. The summed E-state index contributed by atoms with van der Waals surface area (Å²) in [5.41, 5.74) is 4.63. The van der Waals surface area contributed by atoms with Crippen molar-refractivity contribution in [3.8, 4) is 0 Å². The van der Waals surface area contributed by atoms with Gasteiger partial charge in [-0.3, -0.25) is 19.6 Å². The highest BCUT2D eigenvalue weighted by molar-refractivity contribution is 6.04. The topological polar surface area (TPSA) is 100.0 Å². The van der Waals surface area contributed by atoms with E-state index in [1.54, 1.807) is 23.7 Å². The highest BCUT2D eigenvalue weighted by Gasteiger charge is 2.19. The summed E-state index contributed by atoms with van der Waals surface area (Å²) in [4.78, 5) is 17.5. The average Bonchev–Trinajstić information content (AvgIpc) is 3.48. The molecule has 3 N–H and O–H groups in total. The molecular formula is C29H30FN7O. The number of allylic oxidation sites excluding steroid dienone is 1. The molecule has 0 radical (unpaired) electrons. The minimum atomic E-state index is -0.418. The summed E-state index contributed by atoms with van der Waals surface area (Å²) in [6, 6.07) is 10.4. The summed E-state index contributed by atoms with van der Waals surface area (Å²) in [5.74, 6) is -0.713. The summed E-state index contributed by atoms with van der Waals surface area (Å²) in [7, 11) is 0. The molecule has 1 atom stereocenters. The van der Waals surface area contributed by atoms with Gasteiger partial charge in [0, 0.05) is 29.5 Å². The fourth-order valence-electron chi connectivity index (χ4n) is 4.46. The van der Waals surface area contributed by atoms with Crippen molar-refractivity contribution in [2.45, 2.75) is 46.2 Å². The molecule has 9 heteroatoms. The molecule has 2 aromatic carbocycles. The summed E-state index contributed by atoms with van der Waals surface area (Å²) >= 11 is 0. The third-order valence-corrected chi connectivity index (χ3v) is 6.59. The van der Waals surface area contributed by atoms with Gasteiger partial charge in [0.2, 0.25) is 0 Å². The number of rotatable bonds is 7. The van der Waals surface area contributed by atoms with Crippen LogP contribution in [0, 0.1) is 19.7 Å². The fourth-order valence-corrected chi connectivity index (χ4v) is 4.46. The number of aliphatic imine (C=N–C) groups is 1. The Kier molecular flexibility index (Phi) is 6.67. The lowest BCUT2D eigenvalue weighted by atomic mass is 9.95. The summed E-state index contributed by atoms with van der Waals surface area (Å²) in [6.07, 6.45) is 10.7. The number of aromatic nitrogens is 4. The number of hydrogen-bond donors (Lipinski definition) is 3. The third-order valence-electron chi connectivity index (χ3n) is 6.59. The van der Waals surface area contributed by atoms with Crippen molar-refractivity contribution in [2.24, 2.45) is 4.99 Å². The van der Waals surface area contributed by atoms with Gasteiger partial charge in [-0.15, -0.1) is 0 Å². The van der Waals surface area contributed by atoms with Crippen molar-refractivity contribution in [1.82, 2.24) is 20.0 Å². The van der Waals surface area contributed by atoms with Crippen molar-refractivity contribution in [3.05, 3.63) is 83.1 Å². The molecule has 0 fully saturated rings. The van der Waals surface area contributed by atoms with Gasteiger partial charge in [-0.25, -0.2) is 4.39 Å². The number of halogens is 1. The van der Waals surface area contributed by atoms with Gasteiger partial charge in [0.25, 0.3) is 5.91 Å². The predicted molar refractivity (Wildman–Crippen MR) is 151 cm³/mol. The molecule has 194 valence electrons. The number of nitrogens with zero attached hydrogens (tertiary/aromatic N) is 4. The zero-order valence-corrected chi connectivity index (χ0v) is 21.8. The van der Waals surface area contributed by atoms with E-state index in [0.717, 1.165) is 28.7 Å². The van der Waals surface area contributed by atoms with Crippen LogP contribution in [0.5, 0.6) is 0 Å². The number of carbonyl (C=O) groups excluding carboxylic acids is 1. The van der Waals surface area contributed by atoms with Crippen LogP contribution in [0.4, 0.5) is 21.5 Å². The maximum Gasteiger partial charge on any atom is 0.273 e. The van der Waals surface area contributed by atoms with Crippen molar-refractivity contribution >= 4 is 46.2 Å². The van der Waals surface area contributed by atoms with E-state index in [2.05, 4.69) is 50.0 Å². The van der Waals surface area contributed by atoms with Gasteiger partial charge in [-0.2, -0.15) is 10.2 Å². The second-order valence-electron chi connectivity index (χ2n) is 9.68. The molecule has 1 aliphatic heterocycles. The monoisotopic (exact) mass is 511 g/mol. The molecule has 8 nitrogen and oxygen atoms in total. The van der Waals surface area contributed by atoms with E-state index in [9.17, 15) is 9.18 Å². The molecule has 0 spiro atoms. The number of aromatic amines is 1. The molecule has 38 heavy (non-hydrogen) atoms. The van der Waals surface area contributed by atoms with Crippen LogP contribution < -0.4 is 10.6 Å². The molecule has 1 amide bonds. The van der Waals surface area contributed by atoms with Gasteiger partial charge in [0.15, 0.2) is 0 Å². The lowest BCUT2D eigenvalue weighted by Crippen LogP contribution is -2.19. The van der Waals surface area contributed by atoms with Crippen molar-refractivity contribution in [3.63, 3.8) is 0 Å². The Morgan fingerprint density at radius 2 is 2.05 bits per heavy atom. The summed E-state index contributed by atoms with van der Waals surface area (Å²) in [5, 5.41) is 18.8. The number of H-pyrrole nitrogens is 1. The molecule has 0 saturated carbocycles. The second kappa shape index (κ2) is 10.1. The highest BCUT2D eigenvalue weighted by Crippen LogP contribution is 2.30. The lowest BCUT2D eigenvalue weighted by Gasteiger charge is -2.20. The number of fused-ring (bicyclic) bond motifs is 1. The van der Waals surface area contributed by atoms with E-state index in [1.807, 2.05) is 50.4 Å². The first kappa shape index (κ1) is 25.1. The number of nitrogens with one attached hydrogen (secondary N) is 3. The molecule has 4 aromatic rings. The largest absolute Gasteiger partial charge is 0.353 e. The first-order chi connectivity index (χ1) is 18.2. The van der Waals surface area contributed by atoms with Gasteiger partial charge in [0.1, 0.15) is 11.5 Å². The van der Waals surface area contributed by atoms with Gasteiger partial charge < -0.3 is 10.6 Å². The quantitative estimate of drug-likeness (QED) is 0.270. The average molecular weight is 512 g/mol. The SMILES string of the molecule is CCn1nc(C)cc1C(=O)Nc1cc(Nc2ccc3c(/C=C/C4(C)CC=CC=N4)n[nH]c3c2)c(F)cc1C. The number of hydrogen-bond acceptors (Lipinski definition) is 5. The number of dihydropyridines is 1. The zero-order chi connectivity index (χ0) is 26.9. The van der Waals surface area contributed by atoms with Crippen LogP contribution in [0.1, 0.15) is 47.7 Å². The molecule has 5 rings (SSSR count). The minimum Gasteiger partial charge on any atom is -0.353 e. The van der Waals surface area contributed by atoms with Crippen LogP contribution in [-0.4, -0.2) is 37.6 Å². The van der Waals surface area contributed by atoms with Crippen molar-refractivity contribution < 1.29 is 9.18 Å². The Hall–Kier alpha value is -4.53. The first-order valence-corrected chi connectivity index (χ1v) is 12.6. The molecule has 3 heterocycles. The Bertz CT molecular complexity index is 1610.